The van der Waals surface area contributed by atoms with E-state index in [0.29, 0.717) is 23.1 Å². The van der Waals surface area contributed by atoms with Crippen LogP contribution >= 0.6 is 35.6 Å². The molecule has 0 spiro atoms. The van der Waals surface area contributed by atoms with E-state index in [9.17, 15) is 13.2 Å². The van der Waals surface area contributed by atoms with Crippen LogP contribution in [0.15, 0.2) is 47.6 Å². The fourth-order valence-electron chi connectivity index (χ4n) is 2.06. The number of hydrogen-bond donors (Lipinski definition) is 2. The molecule has 0 atom stereocenters. The first kappa shape index (κ1) is 23.3. The summed E-state index contributed by atoms with van der Waals surface area (Å²) < 4.78 is 41.7. The maximum absolute atomic E-state index is 12.3. The molecule has 0 aliphatic heterocycles. The van der Waals surface area contributed by atoms with E-state index >= 15 is 0 Å². The summed E-state index contributed by atoms with van der Waals surface area (Å²) in [4.78, 5) is 7.92. The number of aromatic nitrogens is 1. The Kier molecular flexibility index (Phi) is 9.64. The highest BCUT2D eigenvalue weighted by Gasteiger charge is 2.29. The zero-order chi connectivity index (χ0) is 19.0. The molecule has 0 aliphatic carbocycles. The van der Waals surface area contributed by atoms with Gasteiger partial charge in [0, 0.05) is 36.9 Å². The van der Waals surface area contributed by atoms with Gasteiger partial charge in [-0.25, -0.2) is 4.98 Å². The number of pyridine rings is 1. The standard InChI is InChI=1S/C17H18ClF3N4O.HI/c1-22-16(24-9-12-5-2-3-7-14(12)18)25-10-13-6-4-8-23-15(13)26-11-17(19,20)21;/h2-8H,9-11H2,1H3,(H2,22,24,25);1H. The second kappa shape index (κ2) is 11.2. The van der Waals surface area contributed by atoms with Crippen LogP contribution in [0.5, 0.6) is 5.88 Å². The van der Waals surface area contributed by atoms with E-state index in [1.54, 1.807) is 25.2 Å². The molecule has 0 unspecified atom stereocenters. The van der Waals surface area contributed by atoms with Gasteiger partial charge in [0.05, 0.1) is 0 Å². The van der Waals surface area contributed by atoms with Gasteiger partial charge < -0.3 is 15.4 Å². The van der Waals surface area contributed by atoms with Crippen LogP contribution in [0.1, 0.15) is 11.1 Å². The van der Waals surface area contributed by atoms with Crippen molar-refractivity contribution in [1.29, 1.82) is 0 Å². The summed E-state index contributed by atoms with van der Waals surface area (Å²) in [7, 11) is 1.59. The number of nitrogens with one attached hydrogen (secondary N) is 2. The fourth-order valence-corrected chi connectivity index (χ4v) is 2.26. The van der Waals surface area contributed by atoms with Crippen LogP contribution in [0, 0.1) is 0 Å². The molecule has 5 nitrogen and oxygen atoms in total. The Bertz CT molecular complexity index is 759. The molecule has 0 fully saturated rings. The number of hydrogen-bond acceptors (Lipinski definition) is 3. The third kappa shape index (κ3) is 8.21. The predicted octanol–water partition coefficient (Wildman–Crippen LogP) is 4.16. The van der Waals surface area contributed by atoms with Crippen molar-refractivity contribution in [3.05, 3.63) is 58.7 Å². The van der Waals surface area contributed by atoms with E-state index in [1.807, 2.05) is 18.2 Å². The summed E-state index contributed by atoms with van der Waals surface area (Å²) in [6.07, 6.45) is -3.05. The van der Waals surface area contributed by atoms with Gasteiger partial charge in [-0.1, -0.05) is 35.9 Å². The maximum atomic E-state index is 12.3. The second-order valence-corrected chi connectivity index (χ2v) is 5.65. The average Bonchev–Trinajstić information content (AvgIpc) is 2.61. The normalized spacial score (nSPS) is 11.5. The van der Waals surface area contributed by atoms with Crippen LogP contribution in [-0.2, 0) is 13.1 Å². The zero-order valence-corrected chi connectivity index (χ0v) is 17.5. The molecule has 27 heavy (non-hydrogen) atoms. The van der Waals surface area contributed by atoms with Gasteiger partial charge in [-0.3, -0.25) is 4.99 Å². The van der Waals surface area contributed by atoms with Crippen molar-refractivity contribution in [3.8, 4) is 5.88 Å². The Morgan fingerprint density at radius 1 is 1.11 bits per heavy atom. The van der Waals surface area contributed by atoms with E-state index in [4.69, 9.17) is 16.3 Å². The first-order chi connectivity index (χ1) is 12.4. The molecular formula is C17H19ClF3IN4O. The number of alkyl halides is 3. The van der Waals surface area contributed by atoms with Gasteiger partial charge in [0.25, 0.3) is 0 Å². The Morgan fingerprint density at radius 3 is 2.37 bits per heavy atom. The minimum absolute atomic E-state index is 0. The maximum Gasteiger partial charge on any atom is 0.422 e. The van der Waals surface area contributed by atoms with E-state index in [1.165, 1.54) is 6.20 Å². The lowest BCUT2D eigenvalue weighted by molar-refractivity contribution is -0.154. The molecule has 148 valence electrons. The van der Waals surface area contributed by atoms with Crippen LogP contribution in [0.25, 0.3) is 0 Å². The Labute approximate surface area is 177 Å². The molecule has 1 heterocycles. The van der Waals surface area contributed by atoms with Crippen LogP contribution in [0.3, 0.4) is 0 Å². The van der Waals surface area contributed by atoms with Gasteiger partial charge in [-0.2, -0.15) is 13.2 Å². The number of aliphatic imine (C=N–C) groups is 1. The van der Waals surface area contributed by atoms with Crippen LogP contribution in [0.4, 0.5) is 13.2 Å². The van der Waals surface area contributed by atoms with Crippen molar-refractivity contribution in [2.24, 2.45) is 4.99 Å². The van der Waals surface area contributed by atoms with Gasteiger partial charge in [0.15, 0.2) is 12.6 Å². The Morgan fingerprint density at radius 2 is 1.74 bits per heavy atom. The summed E-state index contributed by atoms with van der Waals surface area (Å²) in [5.41, 5.74) is 1.38. The quantitative estimate of drug-likeness (QED) is 0.345. The molecule has 0 bridgehead atoms. The van der Waals surface area contributed by atoms with Gasteiger partial charge in [-0.15, -0.1) is 24.0 Å². The molecule has 0 radical (unpaired) electrons. The van der Waals surface area contributed by atoms with E-state index in [2.05, 4.69) is 20.6 Å². The molecule has 1 aromatic heterocycles. The molecule has 0 amide bonds. The second-order valence-electron chi connectivity index (χ2n) is 5.24. The number of guanidine groups is 1. The van der Waals surface area contributed by atoms with E-state index in [-0.39, 0.29) is 36.4 Å². The van der Waals surface area contributed by atoms with Crippen molar-refractivity contribution >= 4 is 41.5 Å². The molecule has 2 N–H and O–H groups in total. The Hall–Kier alpha value is -1.75. The molecule has 0 saturated carbocycles. The SMILES string of the molecule is CN=C(NCc1ccccc1Cl)NCc1cccnc1OCC(F)(F)F.I. The third-order valence-corrected chi connectivity index (χ3v) is 3.67. The lowest BCUT2D eigenvalue weighted by Gasteiger charge is -2.15. The number of nitrogens with zero attached hydrogens (tertiary/aromatic N) is 2. The number of halogens is 5. The van der Waals surface area contributed by atoms with Gasteiger partial charge in [-0.05, 0) is 17.7 Å². The van der Waals surface area contributed by atoms with Crippen LogP contribution < -0.4 is 15.4 Å². The van der Waals surface area contributed by atoms with Crippen LogP contribution in [0.2, 0.25) is 5.02 Å². The number of rotatable bonds is 6. The summed E-state index contributed by atoms with van der Waals surface area (Å²) in [5.74, 6) is 0.398. The smallest absolute Gasteiger partial charge is 0.422 e. The predicted molar refractivity (Wildman–Crippen MR) is 110 cm³/mol. The van der Waals surface area contributed by atoms with Crippen molar-refractivity contribution in [1.82, 2.24) is 15.6 Å². The summed E-state index contributed by atoms with van der Waals surface area (Å²) in [5, 5.41) is 6.72. The molecular weight excluding hydrogens is 496 g/mol. The highest BCUT2D eigenvalue weighted by atomic mass is 127. The van der Waals surface area contributed by atoms with Gasteiger partial charge >= 0.3 is 6.18 Å². The lowest BCUT2D eigenvalue weighted by atomic mass is 10.2. The van der Waals surface area contributed by atoms with Crippen LogP contribution in [-0.4, -0.2) is 30.8 Å². The topological polar surface area (TPSA) is 58.5 Å². The number of benzene rings is 1. The monoisotopic (exact) mass is 514 g/mol. The Balaban J connectivity index is 0.00000364. The minimum Gasteiger partial charge on any atom is -0.468 e. The molecule has 2 aromatic rings. The number of ether oxygens (including phenoxy) is 1. The summed E-state index contributed by atoms with van der Waals surface area (Å²) >= 11 is 6.10. The molecule has 2 rings (SSSR count). The van der Waals surface area contributed by atoms with Crippen molar-refractivity contribution in [3.63, 3.8) is 0 Å². The van der Waals surface area contributed by atoms with Gasteiger partial charge in [0.2, 0.25) is 5.88 Å². The molecule has 0 aliphatic rings. The summed E-state index contributed by atoms with van der Waals surface area (Å²) in [6, 6.07) is 10.6. The highest BCUT2D eigenvalue weighted by Crippen LogP contribution is 2.20. The van der Waals surface area contributed by atoms with E-state index < -0.39 is 12.8 Å². The average molecular weight is 515 g/mol. The first-order valence-electron chi connectivity index (χ1n) is 7.70. The molecule has 1 aromatic carbocycles. The van der Waals surface area contributed by atoms with Crippen molar-refractivity contribution in [2.45, 2.75) is 19.3 Å². The molecule has 0 saturated heterocycles. The van der Waals surface area contributed by atoms with Crippen molar-refractivity contribution in [2.75, 3.05) is 13.7 Å². The summed E-state index contributed by atoms with van der Waals surface area (Å²) in [6.45, 7) is -0.746. The minimum atomic E-state index is -4.42. The first-order valence-corrected chi connectivity index (χ1v) is 8.08. The highest BCUT2D eigenvalue weighted by molar-refractivity contribution is 14.0. The molecule has 10 heteroatoms. The largest absolute Gasteiger partial charge is 0.468 e. The van der Waals surface area contributed by atoms with Gasteiger partial charge in [0.1, 0.15) is 0 Å². The lowest BCUT2D eigenvalue weighted by Crippen LogP contribution is -2.36. The zero-order valence-electron chi connectivity index (χ0n) is 14.4. The third-order valence-electron chi connectivity index (χ3n) is 3.30. The fraction of sp³-hybridized carbons (Fsp3) is 0.294. The van der Waals surface area contributed by atoms with E-state index in [0.717, 1.165) is 5.56 Å². The van der Waals surface area contributed by atoms with Crippen molar-refractivity contribution < 1.29 is 17.9 Å².